The molecule has 0 aliphatic heterocycles. The van der Waals surface area contributed by atoms with Crippen LogP contribution >= 0.6 is 11.6 Å². The maximum Gasteiger partial charge on any atom is 0.257 e. The molecule has 2 rings (SSSR count). The van der Waals surface area contributed by atoms with E-state index in [0.29, 0.717) is 11.3 Å². The van der Waals surface area contributed by atoms with E-state index in [1.54, 1.807) is 6.07 Å². The number of benzene rings is 1. The van der Waals surface area contributed by atoms with Gasteiger partial charge in [-0.25, -0.2) is 0 Å². The molecule has 2 amide bonds. The van der Waals surface area contributed by atoms with Crippen molar-refractivity contribution in [3.8, 4) is 0 Å². The van der Waals surface area contributed by atoms with Gasteiger partial charge in [0.15, 0.2) is 0 Å². The molecule has 0 aliphatic rings. The van der Waals surface area contributed by atoms with Crippen LogP contribution in [0.1, 0.15) is 20.7 Å². The van der Waals surface area contributed by atoms with Crippen LogP contribution in [0, 0.1) is 0 Å². The Morgan fingerprint density at radius 1 is 1.14 bits per heavy atom. The van der Waals surface area contributed by atoms with E-state index in [9.17, 15) is 14.4 Å². The van der Waals surface area contributed by atoms with E-state index in [-0.39, 0.29) is 22.1 Å². The third-order valence-corrected chi connectivity index (χ3v) is 3.07. The number of H-pyrrole nitrogens is 1. The summed E-state index contributed by atoms with van der Waals surface area (Å²) >= 11 is 5.93. The van der Waals surface area contributed by atoms with Crippen LogP contribution in [-0.2, 0) is 0 Å². The summed E-state index contributed by atoms with van der Waals surface area (Å²) in [6, 6.07) is 7.24. The van der Waals surface area contributed by atoms with Gasteiger partial charge in [0.05, 0.1) is 16.1 Å². The minimum atomic E-state index is -0.406. The topological polar surface area (TPSA) is 91.1 Å². The van der Waals surface area contributed by atoms with E-state index in [2.05, 4.69) is 15.6 Å². The molecule has 1 aromatic carbocycles. The molecule has 21 heavy (non-hydrogen) atoms. The lowest BCUT2D eigenvalue weighted by atomic mass is 10.1. The molecule has 108 valence electrons. The Hall–Kier alpha value is -2.60. The first-order valence-electron chi connectivity index (χ1n) is 6.03. The Bertz CT molecular complexity index is 735. The highest BCUT2D eigenvalue weighted by molar-refractivity contribution is 6.34. The molecule has 0 unspecified atom stereocenters. The minimum Gasteiger partial charge on any atom is -0.355 e. The maximum atomic E-state index is 12.0. The molecule has 0 radical (unpaired) electrons. The molecule has 0 fully saturated rings. The average molecular weight is 306 g/mol. The zero-order chi connectivity index (χ0) is 15.4. The largest absolute Gasteiger partial charge is 0.355 e. The van der Waals surface area contributed by atoms with Crippen LogP contribution in [0.15, 0.2) is 41.3 Å². The van der Waals surface area contributed by atoms with Crippen molar-refractivity contribution in [2.45, 2.75) is 0 Å². The van der Waals surface area contributed by atoms with Gasteiger partial charge >= 0.3 is 0 Å². The fourth-order valence-electron chi connectivity index (χ4n) is 1.67. The Kier molecular flexibility index (Phi) is 4.39. The van der Waals surface area contributed by atoms with E-state index in [1.807, 2.05) is 0 Å². The Morgan fingerprint density at radius 3 is 2.52 bits per heavy atom. The van der Waals surface area contributed by atoms with Gasteiger partial charge in [0.25, 0.3) is 11.8 Å². The smallest absolute Gasteiger partial charge is 0.257 e. The normalized spacial score (nSPS) is 10.0. The van der Waals surface area contributed by atoms with Crippen LogP contribution in [0.5, 0.6) is 0 Å². The molecule has 1 heterocycles. The van der Waals surface area contributed by atoms with Gasteiger partial charge in [-0.2, -0.15) is 0 Å². The van der Waals surface area contributed by atoms with E-state index in [4.69, 9.17) is 11.6 Å². The molecule has 7 heteroatoms. The summed E-state index contributed by atoms with van der Waals surface area (Å²) in [7, 11) is 1.49. The van der Waals surface area contributed by atoms with E-state index in [1.165, 1.54) is 37.5 Å². The summed E-state index contributed by atoms with van der Waals surface area (Å²) in [5.41, 5.74) is 0.693. The summed E-state index contributed by atoms with van der Waals surface area (Å²) in [6.45, 7) is 0. The first-order chi connectivity index (χ1) is 10.0. The van der Waals surface area contributed by atoms with Crippen molar-refractivity contribution in [1.82, 2.24) is 10.3 Å². The lowest BCUT2D eigenvalue weighted by molar-refractivity contribution is 0.0961. The van der Waals surface area contributed by atoms with Gasteiger partial charge in [0, 0.05) is 25.0 Å². The monoisotopic (exact) mass is 305 g/mol. The van der Waals surface area contributed by atoms with E-state index >= 15 is 0 Å². The van der Waals surface area contributed by atoms with Gasteiger partial charge in [-0.1, -0.05) is 11.6 Å². The van der Waals surface area contributed by atoms with Crippen LogP contribution in [0.25, 0.3) is 0 Å². The summed E-state index contributed by atoms with van der Waals surface area (Å²) in [5, 5.41) is 5.38. The van der Waals surface area contributed by atoms with Gasteiger partial charge in [-0.3, -0.25) is 14.4 Å². The van der Waals surface area contributed by atoms with E-state index < -0.39 is 5.91 Å². The van der Waals surface area contributed by atoms with Crippen LogP contribution in [0.4, 0.5) is 5.69 Å². The van der Waals surface area contributed by atoms with Crippen molar-refractivity contribution in [3.63, 3.8) is 0 Å². The van der Waals surface area contributed by atoms with Crippen LogP contribution in [0.2, 0.25) is 5.02 Å². The predicted octanol–water partition coefficient (Wildman–Crippen LogP) is 1.64. The fraction of sp³-hybridized carbons (Fsp3) is 0.0714. The Balaban J connectivity index is 2.23. The third-order valence-electron chi connectivity index (χ3n) is 2.74. The number of halogens is 1. The molecule has 0 spiro atoms. The molecule has 6 nitrogen and oxygen atoms in total. The second kappa shape index (κ2) is 6.23. The lowest BCUT2D eigenvalue weighted by Gasteiger charge is -2.08. The highest BCUT2D eigenvalue weighted by Gasteiger charge is 2.11. The summed E-state index contributed by atoms with van der Waals surface area (Å²) in [5.74, 6) is -0.753. The number of aromatic nitrogens is 1. The molecular formula is C14H12ClN3O3. The zero-order valence-electron chi connectivity index (χ0n) is 11.1. The Morgan fingerprint density at radius 2 is 1.90 bits per heavy atom. The van der Waals surface area contributed by atoms with Crippen LogP contribution < -0.4 is 16.2 Å². The van der Waals surface area contributed by atoms with Gasteiger partial charge in [0.2, 0.25) is 5.56 Å². The first-order valence-corrected chi connectivity index (χ1v) is 6.41. The molecule has 1 aromatic heterocycles. The number of anilines is 1. The summed E-state index contributed by atoms with van der Waals surface area (Å²) in [6.07, 6.45) is 1.31. The number of hydrogen-bond donors (Lipinski definition) is 3. The van der Waals surface area contributed by atoms with Gasteiger partial charge in [-0.15, -0.1) is 0 Å². The van der Waals surface area contributed by atoms with Crippen molar-refractivity contribution in [3.05, 3.63) is 63.0 Å². The molecule has 0 bridgehead atoms. The number of pyridine rings is 1. The van der Waals surface area contributed by atoms with Crippen molar-refractivity contribution in [1.29, 1.82) is 0 Å². The van der Waals surface area contributed by atoms with Crippen molar-refractivity contribution in [2.75, 3.05) is 12.4 Å². The number of rotatable bonds is 3. The molecule has 0 atom stereocenters. The first kappa shape index (κ1) is 14.8. The molecule has 3 N–H and O–H groups in total. The van der Waals surface area contributed by atoms with Gasteiger partial charge < -0.3 is 15.6 Å². The zero-order valence-corrected chi connectivity index (χ0v) is 11.8. The highest BCUT2D eigenvalue weighted by Crippen LogP contribution is 2.21. The number of carbonyl (C=O) groups excluding carboxylic acids is 2. The van der Waals surface area contributed by atoms with Crippen LogP contribution in [0.3, 0.4) is 0 Å². The van der Waals surface area contributed by atoms with Crippen molar-refractivity contribution >= 4 is 29.1 Å². The lowest BCUT2D eigenvalue weighted by Crippen LogP contribution is -2.19. The van der Waals surface area contributed by atoms with E-state index in [0.717, 1.165) is 0 Å². The third kappa shape index (κ3) is 3.49. The standard InChI is InChI=1S/C14H12ClN3O3/c1-16-14(21)10-6-9(3-4-11(10)15)18-13(20)8-2-5-12(19)17-7-8/h2-7H,1H3,(H,16,21)(H,17,19)(H,18,20). The van der Waals surface area contributed by atoms with Crippen LogP contribution in [-0.4, -0.2) is 23.8 Å². The quantitative estimate of drug-likeness (QED) is 0.805. The predicted molar refractivity (Wildman–Crippen MR) is 79.9 cm³/mol. The number of carbonyl (C=O) groups is 2. The number of aromatic amines is 1. The Labute approximate surface area is 125 Å². The summed E-state index contributed by atoms with van der Waals surface area (Å²) < 4.78 is 0. The molecular weight excluding hydrogens is 294 g/mol. The molecule has 2 aromatic rings. The molecule has 0 aliphatic carbocycles. The minimum absolute atomic E-state index is 0.262. The number of nitrogens with one attached hydrogen (secondary N) is 3. The van der Waals surface area contributed by atoms with Gasteiger partial charge in [0.1, 0.15) is 0 Å². The highest BCUT2D eigenvalue weighted by atomic mass is 35.5. The number of amides is 2. The summed E-state index contributed by atoms with van der Waals surface area (Å²) in [4.78, 5) is 37.0. The second-order valence-corrected chi connectivity index (χ2v) is 4.58. The molecule has 0 saturated carbocycles. The SMILES string of the molecule is CNC(=O)c1cc(NC(=O)c2ccc(=O)[nH]c2)ccc1Cl. The molecule has 0 saturated heterocycles. The van der Waals surface area contributed by atoms with Crippen molar-refractivity contribution in [2.24, 2.45) is 0 Å². The van der Waals surface area contributed by atoms with Gasteiger partial charge in [-0.05, 0) is 24.3 Å². The maximum absolute atomic E-state index is 12.0. The fourth-order valence-corrected chi connectivity index (χ4v) is 1.87. The second-order valence-electron chi connectivity index (χ2n) is 4.17. The van der Waals surface area contributed by atoms with Crippen molar-refractivity contribution < 1.29 is 9.59 Å². The number of hydrogen-bond acceptors (Lipinski definition) is 3. The average Bonchev–Trinajstić information content (AvgIpc) is 2.49.